The molecule has 0 spiro atoms. The lowest BCUT2D eigenvalue weighted by Crippen LogP contribution is -2.32. The summed E-state index contributed by atoms with van der Waals surface area (Å²) >= 11 is 5.46. The summed E-state index contributed by atoms with van der Waals surface area (Å²) in [4.78, 5) is 11.2. The van der Waals surface area contributed by atoms with E-state index in [2.05, 4.69) is 19.2 Å². The van der Waals surface area contributed by atoms with E-state index < -0.39 is 0 Å². The Morgan fingerprint density at radius 2 is 1.93 bits per heavy atom. The Kier molecular flexibility index (Phi) is 7.96. The van der Waals surface area contributed by atoms with Crippen LogP contribution in [-0.4, -0.2) is 17.8 Å². The van der Waals surface area contributed by atoms with E-state index in [-0.39, 0.29) is 11.9 Å². The molecule has 0 heterocycles. The Morgan fingerprint density at radius 1 is 1.29 bits per heavy atom. The van der Waals surface area contributed by atoms with E-state index in [1.807, 2.05) is 6.92 Å². The molecule has 0 saturated carbocycles. The fourth-order valence-corrected chi connectivity index (χ4v) is 1.51. The smallest absolute Gasteiger partial charge is 0.221 e. The van der Waals surface area contributed by atoms with Gasteiger partial charge in [0.25, 0.3) is 0 Å². The van der Waals surface area contributed by atoms with Crippen molar-refractivity contribution in [2.45, 2.75) is 52.5 Å². The van der Waals surface area contributed by atoms with Crippen LogP contribution >= 0.6 is 11.6 Å². The van der Waals surface area contributed by atoms with Crippen LogP contribution in [0.2, 0.25) is 0 Å². The first-order chi connectivity index (χ1) is 6.56. The molecular formula is C11H22ClNO. The van der Waals surface area contributed by atoms with Gasteiger partial charge in [-0.15, -0.1) is 11.6 Å². The summed E-state index contributed by atoms with van der Waals surface area (Å²) in [7, 11) is 0. The third kappa shape index (κ3) is 8.36. The summed E-state index contributed by atoms with van der Waals surface area (Å²) in [6, 6.07) is 0.282. The highest BCUT2D eigenvalue weighted by Crippen LogP contribution is 2.08. The Morgan fingerprint density at radius 3 is 2.43 bits per heavy atom. The molecule has 0 rings (SSSR count). The summed E-state index contributed by atoms with van der Waals surface area (Å²) in [5.41, 5.74) is 0. The maximum atomic E-state index is 11.2. The summed E-state index contributed by atoms with van der Waals surface area (Å²) in [6.45, 7) is 6.49. The molecule has 0 aliphatic heterocycles. The molecule has 84 valence electrons. The minimum Gasteiger partial charge on any atom is -0.354 e. The first kappa shape index (κ1) is 13.8. The lowest BCUT2D eigenvalue weighted by atomic mass is 10.0. The van der Waals surface area contributed by atoms with Crippen LogP contribution in [0.5, 0.6) is 0 Å². The number of carbonyl (C=O) groups excluding carboxylic acids is 1. The molecule has 0 aromatic rings. The van der Waals surface area contributed by atoms with Crippen molar-refractivity contribution >= 4 is 17.5 Å². The number of amides is 1. The number of carbonyl (C=O) groups is 1. The Bertz CT molecular complexity index is 159. The molecule has 0 unspecified atom stereocenters. The van der Waals surface area contributed by atoms with Gasteiger partial charge in [0, 0.05) is 18.3 Å². The molecule has 0 aliphatic rings. The molecule has 2 nitrogen and oxygen atoms in total. The molecular weight excluding hydrogens is 198 g/mol. The standard InChI is InChI=1S/C11H22ClNO/c1-9(2)5-4-6-10(3)13-11(14)7-8-12/h9-10H,4-8H2,1-3H3,(H,13,14)/t10-/m0/s1. The van der Waals surface area contributed by atoms with Crippen molar-refractivity contribution in [3.05, 3.63) is 0 Å². The zero-order valence-corrected chi connectivity index (χ0v) is 10.2. The third-order valence-corrected chi connectivity index (χ3v) is 2.34. The third-order valence-electron chi connectivity index (χ3n) is 2.15. The van der Waals surface area contributed by atoms with Crippen molar-refractivity contribution in [3.63, 3.8) is 0 Å². The topological polar surface area (TPSA) is 29.1 Å². The van der Waals surface area contributed by atoms with Crippen molar-refractivity contribution in [1.29, 1.82) is 0 Å². The van der Waals surface area contributed by atoms with Gasteiger partial charge in [-0.1, -0.05) is 26.7 Å². The lowest BCUT2D eigenvalue weighted by Gasteiger charge is -2.13. The molecule has 3 heteroatoms. The zero-order chi connectivity index (χ0) is 11.0. The van der Waals surface area contributed by atoms with E-state index in [1.165, 1.54) is 12.8 Å². The van der Waals surface area contributed by atoms with Gasteiger partial charge < -0.3 is 5.32 Å². The quantitative estimate of drug-likeness (QED) is 0.656. The molecule has 0 aliphatic carbocycles. The average molecular weight is 220 g/mol. The largest absolute Gasteiger partial charge is 0.354 e. The van der Waals surface area contributed by atoms with Gasteiger partial charge in [0.2, 0.25) is 5.91 Å². The molecule has 1 amide bonds. The van der Waals surface area contributed by atoms with E-state index in [9.17, 15) is 4.79 Å². The second kappa shape index (κ2) is 8.10. The summed E-state index contributed by atoms with van der Waals surface area (Å²) in [5, 5.41) is 2.93. The van der Waals surface area contributed by atoms with Crippen LogP contribution in [-0.2, 0) is 4.79 Å². The van der Waals surface area contributed by atoms with Gasteiger partial charge in [-0.2, -0.15) is 0 Å². The van der Waals surface area contributed by atoms with Crippen LogP contribution in [0.4, 0.5) is 0 Å². The minimum atomic E-state index is 0.0667. The minimum absolute atomic E-state index is 0.0667. The first-order valence-electron chi connectivity index (χ1n) is 5.41. The fraction of sp³-hybridized carbons (Fsp3) is 0.909. The van der Waals surface area contributed by atoms with E-state index in [4.69, 9.17) is 11.6 Å². The second-order valence-electron chi connectivity index (χ2n) is 4.23. The number of halogens is 1. The Balaban J connectivity index is 3.44. The highest BCUT2D eigenvalue weighted by molar-refractivity contribution is 6.18. The SMILES string of the molecule is CC(C)CCC[C@H](C)NC(=O)CCCl. The second-order valence-corrected chi connectivity index (χ2v) is 4.61. The highest BCUT2D eigenvalue weighted by Gasteiger charge is 2.06. The maximum Gasteiger partial charge on any atom is 0.221 e. The van der Waals surface area contributed by atoms with E-state index in [1.54, 1.807) is 0 Å². The van der Waals surface area contributed by atoms with E-state index >= 15 is 0 Å². The number of alkyl halides is 1. The van der Waals surface area contributed by atoms with Gasteiger partial charge in [-0.25, -0.2) is 0 Å². The Labute approximate surface area is 92.4 Å². The highest BCUT2D eigenvalue weighted by atomic mass is 35.5. The van der Waals surface area contributed by atoms with Crippen LogP contribution in [0, 0.1) is 5.92 Å². The van der Waals surface area contributed by atoms with Crippen molar-refractivity contribution < 1.29 is 4.79 Å². The Hall–Kier alpha value is -0.240. The summed E-state index contributed by atoms with van der Waals surface area (Å²) < 4.78 is 0. The molecule has 0 bridgehead atoms. The molecule has 0 fully saturated rings. The van der Waals surface area contributed by atoms with Crippen molar-refractivity contribution in [2.24, 2.45) is 5.92 Å². The molecule has 1 atom stereocenters. The summed E-state index contributed by atoms with van der Waals surface area (Å²) in [6.07, 6.45) is 3.90. The van der Waals surface area contributed by atoms with Crippen LogP contribution in [0.3, 0.4) is 0 Å². The zero-order valence-electron chi connectivity index (χ0n) is 9.48. The molecule has 0 aromatic heterocycles. The number of hydrogen-bond donors (Lipinski definition) is 1. The average Bonchev–Trinajstić information content (AvgIpc) is 2.03. The van der Waals surface area contributed by atoms with Gasteiger partial charge in [-0.05, 0) is 19.3 Å². The summed E-state index contributed by atoms with van der Waals surface area (Å²) in [5.74, 6) is 1.22. The maximum absolute atomic E-state index is 11.2. The molecule has 14 heavy (non-hydrogen) atoms. The van der Waals surface area contributed by atoms with Crippen molar-refractivity contribution in [1.82, 2.24) is 5.32 Å². The predicted molar refractivity (Wildman–Crippen MR) is 61.6 cm³/mol. The van der Waals surface area contributed by atoms with Crippen molar-refractivity contribution in [2.75, 3.05) is 5.88 Å². The van der Waals surface area contributed by atoms with Crippen molar-refractivity contribution in [3.8, 4) is 0 Å². The molecule has 1 N–H and O–H groups in total. The number of nitrogens with one attached hydrogen (secondary N) is 1. The fourth-order valence-electron chi connectivity index (χ4n) is 1.34. The molecule has 0 saturated heterocycles. The van der Waals surface area contributed by atoms with Crippen LogP contribution in [0.15, 0.2) is 0 Å². The van der Waals surface area contributed by atoms with Gasteiger partial charge in [0.05, 0.1) is 0 Å². The van der Waals surface area contributed by atoms with Crippen LogP contribution in [0.1, 0.15) is 46.5 Å². The molecule has 0 aromatic carbocycles. The van der Waals surface area contributed by atoms with Gasteiger partial charge >= 0.3 is 0 Å². The monoisotopic (exact) mass is 219 g/mol. The van der Waals surface area contributed by atoms with Gasteiger partial charge in [0.1, 0.15) is 0 Å². The predicted octanol–water partition coefficient (Wildman–Crippen LogP) is 2.95. The number of rotatable bonds is 7. The van der Waals surface area contributed by atoms with Crippen LogP contribution in [0.25, 0.3) is 0 Å². The van der Waals surface area contributed by atoms with E-state index in [0.717, 1.165) is 12.3 Å². The normalized spacial score (nSPS) is 12.9. The molecule has 0 radical (unpaired) electrons. The van der Waals surface area contributed by atoms with Gasteiger partial charge in [-0.3, -0.25) is 4.79 Å². The van der Waals surface area contributed by atoms with Gasteiger partial charge in [0.15, 0.2) is 0 Å². The van der Waals surface area contributed by atoms with E-state index in [0.29, 0.717) is 12.3 Å². The lowest BCUT2D eigenvalue weighted by molar-refractivity contribution is -0.121. The van der Waals surface area contributed by atoms with Crippen LogP contribution < -0.4 is 5.32 Å². The first-order valence-corrected chi connectivity index (χ1v) is 5.95. The number of hydrogen-bond acceptors (Lipinski definition) is 1.